The Labute approximate surface area is 68.6 Å². The molecule has 0 aliphatic carbocycles. The van der Waals surface area contributed by atoms with Crippen molar-refractivity contribution >= 4 is 23.8 Å². The second kappa shape index (κ2) is 2.64. The maximum atomic E-state index is 5.49. The Bertz CT molecular complexity index is 354. The Morgan fingerprint density at radius 2 is 2.64 bits per heavy atom. The molecule has 2 heterocycles. The first kappa shape index (κ1) is 6.82. The zero-order chi connectivity index (χ0) is 7.68. The number of nitrogens with two attached hydrogens (primary N) is 1. The molecule has 3 nitrogen and oxygen atoms in total. The normalized spacial score (nSPS) is 15.2. The Balaban J connectivity index is 2.53. The fourth-order valence-corrected chi connectivity index (χ4v) is 1.72. The third kappa shape index (κ3) is 1.15. The minimum absolute atomic E-state index is 0.575. The molecular weight excluding hydrogens is 158 g/mol. The van der Waals surface area contributed by atoms with Gasteiger partial charge in [-0.2, -0.15) is 4.37 Å². The van der Waals surface area contributed by atoms with Crippen LogP contribution in [-0.4, -0.2) is 22.5 Å². The van der Waals surface area contributed by atoms with Gasteiger partial charge in [0.05, 0.1) is 11.2 Å². The highest BCUT2D eigenvalue weighted by molar-refractivity contribution is 7.03. The monoisotopic (exact) mass is 167 g/mol. The highest BCUT2D eigenvalue weighted by Crippen LogP contribution is 1.90. The Kier molecular flexibility index (Phi) is 1.63. The average Bonchev–Trinajstić information content (AvgIpc) is 2.50. The van der Waals surface area contributed by atoms with Gasteiger partial charge >= 0.3 is 0 Å². The van der Waals surface area contributed by atoms with Crippen molar-refractivity contribution < 1.29 is 0 Å². The molecule has 0 amide bonds. The summed E-state index contributed by atoms with van der Waals surface area (Å²) < 4.78 is 5.34. The molecule has 0 unspecified atom stereocenters. The topological polar surface area (TPSA) is 42.1 Å². The van der Waals surface area contributed by atoms with Crippen LogP contribution in [0.5, 0.6) is 0 Å². The minimum Gasteiger partial charge on any atom is -0.361 e. The Hall–Kier alpha value is -0.870. The number of rotatable bonds is 1. The second-order valence-electron chi connectivity index (χ2n) is 2.43. The van der Waals surface area contributed by atoms with E-state index < -0.39 is 0 Å². The van der Waals surface area contributed by atoms with Crippen LogP contribution in [0.15, 0.2) is 6.20 Å². The summed E-state index contributed by atoms with van der Waals surface area (Å²) in [4.78, 5) is 2.05. The van der Waals surface area contributed by atoms with Crippen LogP contribution < -0.4 is 15.5 Å². The SMILES string of the molecule is NCN1C=c2cnsc2=CC1. The molecule has 2 N–H and O–H groups in total. The molecule has 0 fully saturated rings. The summed E-state index contributed by atoms with van der Waals surface area (Å²) >= 11 is 1.53. The van der Waals surface area contributed by atoms with Crippen LogP contribution in [0.3, 0.4) is 0 Å². The first-order valence-electron chi connectivity index (χ1n) is 3.47. The second-order valence-corrected chi connectivity index (χ2v) is 3.27. The molecule has 1 aliphatic heterocycles. The molecule has 1 aliphatic rings. The van der Waals surface area contributed by atoms with Gasteiger partial charge in [-0.25, -0.2) is 0 Å². The van der Waals surface area contributed by atoms with Gasteiger partial charge < -0.3 is 10.6 Å². The van der Waals surface area contributed by atoms with Gasteiger partial charge in [0.1, 0.15) is 0 Å². The van der Waals surface area contributed by atoms with Gasteiger partial charge in [0.25, 0.3) is 0 Å². The first-order chi connectivity index (χ1) is 5.40. The molecule has 4 heteroatoms. The quantitative estimate of drug-likeness (QED) is 0.577. The van der Waals surface area contributed by atoms with E-state index in [1.165, 1.54) is 21.3 Å². The lowest BCUT2D eigenvalue weighted by Gasteiger charge is -2.16. The Morgan fingerprint density at radius 3 is 3.45 bits per heavy atom. The van der Waals surface area contributed by atoms with Gasteiger partial charge in [-0.1, -0.05) is 0 Å². The van der Waals surface area contributed by atoms with Crippen molar-refractivity contribution in [3.8, 4) is 0 Å². The third-order valence-electron chi connectivity index (χ3n) is 1.69. The lowest BCUT2D eigenvalue weighted by atomic mass is 10.3. The van der Waals surface area contributed by atoms with Crippen molar-refractivity contribution in [1.29, 1.82) is 0 Å². The zero-order valence-corrected chi connectivity index (χ0v) is 6.84. The van der Waals surface area contributed by atoms with E-state index in [9.17, 15) is 0 Å². The van der Waals surface area contributed by atoms with Crippen LogP contribution in [-0.2, 0) is 0 Å². The predicted octanol–water partition coefficient (Wildman–Crippen LogP) is -1.11. The number of fused-ring (bicyclic) bond motifs is 1. The molecule has 1 aromatic rings. The first-order valence-corrected chi connectivity index (χ1v) is 4.24. The molecule has 0 radical (unpaired) electrons. The van der Waals surface area contributed by atoms with E-state index in [0.29, 0.717) is 6.67 Å². The van der Waals surface area contributed by atoms with Gasteiger partial charge in [-0.15, -0.1) is 0 Å². The van der Waals surface area contributed by atoms with E-state index >= 15 is 0 Å². The summed E-state index contributed by atoms with van der Waals surface area (Å²) in [6, 6.07) is 0. The molecule has 0 saturated carbocycles. The van der Waals surface area contributed by atoms with E-state index in [1.54, 1.807) is 0 Å². The molecule has 0 bridgehead atoms. The van der Waals surface area contributed by atoms with E-state index in [0.717, 1.165) is 6.54 Å². The fraction of sp³-hybridized carbons (Fsp3) is 0.286. The molecule has 2 rings (SSSR count). The molecule has 58 valence electrons. The van der Waals surface area contributed by atoms with Crippen molar-refractivity contribution in [2.45, 2.75) is 0 Å². The number of aromatic nitrogens is 1. The summed E-state index contributed by atoms with van der Waals surface area (Å²) in [7, 11) is 0. The van der Waals surface area contributed by atoms with Crippen LogP contribution >= 0.6 is 11.5 Å². The van der Waals surface area contributed by atoms with E-state index in [4.69, 9.17) is 5.73 Å². The van der Waals surface area contributed by atoms with E-state index in [2.05, 4.69) is 21.5 Å². The predicted molar refractivity (Wildman–Crippen MR) is 46.1 cm³/mol. The number of hydrogen-bond acceptors (Lipinski definition) is 4. The van der Waals surface area contributed by atoms with Crippen molar-refractivity contribution in [2.24, 2.45) is 5.73 Å². The number of hydrogen-bond donors (Lipinski definition) is 1. The van der Waals surface area contributed by atoms with Crippen LogP contribution in [0.4, 0.5) is 0 Å². The molecule has 0 saturated heterocycles. The van der Waals surface area contributed by atoms with E-state index in [1.807, 2.05) is 6.20 Å². The zero-order valence-electron chi connectivity index (χ0n) is 6.03. The number of nitrogens with zero attached hydrogens (tertiary/aromatic N) is 2. The lowest BCUT2D eigenvalue weighted by Crippen LogP contribution is -2.35. The standard InChI is InChI=1S/C7H9N3S/c8-5-10-2-1-7-6(4-10)3-9-11-7/h1,3-4H,2,5,8H2. The van der Waals surface area contributed by atoms with Gasteiger partial charge in [-0.3, -0.25) is 0 Å². The van der Waals surface area contributed by atoms with Crippen molar-refractivity contribution in [3.05, 3.63) is 15.9 Å². The highest BCUT2D eigenvalue weighted by Gasteiger charge is 2.00. The van der Waals surface area contributed by atoms with Crippen molar-refractivity contribution in [2.75, 3.05) is 13.2 Å². The smallest absolute Gasteiger partial charge is 0.0655 e. The summed E-state index contributed by atoms with van der Waals surface area (Å²) in [5.41, 5.74) is 5.49. The largest absolute Gasteiger partial charge is 0.361 e. The van der Waals surface area contributed by atoms with Crippen molar-refractivity contribution in [1.82, 2.24) is 9.27 Å². The molecule has 0 aromatic carbocycles. The van der Waals surface area contributed by atoms with Gasteiger partial charge in [0.2, 0.25) is 0 Å². The Morgan fingerprint density at radius 1 is 1.73 bits per heavy atom. The van der Waals surface area contributed by atoms with E-state index in [-0.39, 0.29) is 0 Å². The minimum atomic E-state index is 0.575. The molecule has 0 spiro atoms. The maximum absolute atomic E-state index is 5.49. The van der Waals surface area contributed by atoms with Crippen LogP contribution in [0.1, 0.15) is 0 Å². The average molecular weight is 167 g/mol. The third-order valence-corrected chi connectivity index (χ3v) is 2.50. The van der Waals surface area contributed by atoms with Crippen molar-refractivity contribution in [3.63, 3.8) is 0 Å². The summed E-state index contributed by atoms with van der Waals surface area (Å²) in [5, 5.41) is 1.19. The van der Waals surface area contributed by atoms with Crippen LogP contribution in [0.25, 0.3) is 12.3 Å². The summed E-state index contributed by atoms with van der Waals surface area (Å²) in [6.07, 6.45) is 6.08. The fourth-order valence-electron chi connectivity index (χ4n) is 1.09. The van der Waals surface area contributed by atoms with Crippen LogP contribution in [0.2, 0.25) is 0 Å². The molecule has 0 atom stereocenters. The van der Waals surface area contributed by atoms with Gasteiger partial charge in [0.15, 0.2) is 0 Å². The van der Waals surface area contributed by atoms with Gasteiger partial charge in [0, 0.05) is 24.2 Å². The van der Waals surface area contributed by atoms with Gasteiger partial charge in [-0.05, 0) is 17.6 Å². The maximum Gasteiger partial charge on any atom is 0.0655 e. The van der Waals surface area contributed by atoms with Crippen LogP contribution in [0, 0.1) is 0 Å². The molecule has 11 heavy (non-hydrogen) atoms. The lowest BCUT2D eigenvalue weighted by molar-refractivity contribution is 0.475. The highest BCUT2D eigenvalue weighted by atomic mass is 32.1. The summed E-state index contributed by atoms with van der Waals surface area (Å²) in [6.45, 7) is 1.48. The molecular formula is C7H9N3S. The summed E-state index contributed by atoms with van der Waals surface area (Å²) in [5.74, 6) is 0. The molecule has 1 aromatic heterocycles.